The van der Waals surface area contributed by atoms with Crippen molar-refractivity contribution in [2.75, 3.05) is 26.9 Å². The van der Waals surface area contributed by atoms with E-state index in [9.17, 15) is 24.9 Å². The molecule has 7 atom stereocenters. The molecule has 0 spiro atoms. The highest BCUT2D eigenvalue weighted by molar-refractivity contribution is 6.13. The number of phenols is 1. The molecule has 3 aromatic carbocycles. The summed E-state index contributed by atoms with van der Waals surface area (Å²) < 4.78 is 30.5. The van der Waals surface area contributed by atoms with Crippen molar-refractivity contribution < 1.29 is 48.6 Å². The Labute approximate surface area is 334 Å². The molecular formula is C46H41N2O10+. The normalized spacial score (nSPS) is 27.8. The van der Waals surface area contributed by atoms with Gasteiger partial charge in [0.25, 0.3) is 5.91 Å². The van der Waals surface area contributed by atoms with Gasteiger partial charge in [-0.15, -0.1) is 0 Å². The number of ether oxygens (including phenoxy) is 5. The van der Waals surface area contributed by atoms with E-state index in [1.165, 1.54) is 12.0 Å². The van der Waals surface area contributed by atoms with Gasteiger partial charge < -0.3 is 43.9 Å². The molecule has 7 aliphatic rings. The van der Waals surface area contributed by atoms with Crippen molar-refractivity contribution in [2.45, 2.75) is 68.9 Å². The van der Waals surface area contributed by atoms with Gasteiger partial charge >= 0.3 is 0 Å². The number of aliphatic hydroxyl groups excluding tert-OH is 2. The Morgan fingerprint density at radius 1 is 1.12 bits per heavy atom. The van der Waals surface area contributed by atoms with Crippen LogP contribution in [-0.2, 0) is 27.2 Å². The van der Waals surface area contributed by atoms with E-state index in [4.69, 9.17) is 23.7 Å². The predicted octanol–water partition coefficient (Wildman–Crippen LogP) is 5.09. The maximum absolute atomic E-state index is 14.7. The smallest absolute Gasteiger partial charge is 0.254 e. The molecule has 3 aromatic rings. The molecule has 10 rings (SSSR count). The number of phenolic OH excluding ortho intramolecular Hbond substituents is 1. The molecule has 1 saturated carbocycles. The summed E-state index contributed by atoms with van der Waals surface area (Å²) in [5.74, 6) is 2.70. The number of aliphatic hydroxyl groups is 2. The maximum Gasteiger partial charge on any atom is 0.254 e. The molecule has 0 aromatic heterocycles. The van der Waals surface area contributed by atoms with E-state index in [0.717, 1.165) is 58.4 Å². The average Bonchev–Trinajstić information content (AvgIpc) is 3.96. The van der Waals surface area contributed by atoms with E-state index in [2.05, 4.69) is 23.1 Å². The molecule has 4 heterocycles. The fourth-order valence-corrected chi connectivity index (χ4v) is 9.55. The van der Waals surface area contributed by atoms with Crippen molar-refractivity contribution in [3.63, 3.8) is 0 Å². The number of aliphatic imine (C=N–C) groups is 1. The third kappa shape index (κ3) is 6.00. The summed E-state index contributed by atoms with van der Waals surface area (Å²) in [5, 5.41) is 36.7. The van der Waals surface area contributed by atoms with Crippen LogP contribution < -0.4 is 9.47 Å². The van der Waals surface area contributed by atoms with Gasteiger partial charge in [-0.2, -0.15) is 4.99 Å². The minimum absolute atomic E-state index is 0.00914. The average molecular weight is 782 g/mol. The second kappa shape index (κ2) is 14.5. The highest BCUT2D eigenvalue weighted by atomic mass is 16.7. The molecule has 4 aliphatic heterocycles. The van der Waals surface area contributed by atoms with Crippen molar-refractivity contribution in [1.29, 1.82) is 0 Å². The van der Waals surface area contributed by atoms with Crippen molar-refractivity contribution in [3.05, 3.63) is 111 Å². The monoisotopic (exact) mass is 781 g/mol. The Bertz CT molecular complexity index is 2490. The number of ketones is 1. The molecule has 294 valence electrons. The third-order valence-electron chi connectivity index (χ3n) is 12.4. The SMILES string of the molecule is COc1cc2c3c(O)c(c4c(c3c1)C=C[C@H]1CCC[C@H]41)C(=O)CN1Cc3c(cccc3C1=O)CC#CO[C@@H]1[C@@H](O)[C@H](O2)O[C@H](COCC2=C3[CH+]C=CC=C3N=C2)[C@H]1O. The van der Waals surface area contributed by atoms with Crippen molar-refractivity contribution in [2.24, 2.45) is 10.9 Å². The van der Waals surface area contributed by atoms with Crippen LogP contribution in [0.5, 0.6) is 17.2 Å². The number of Topliss-reactive ketones (excluding diaryl/α,β-unsaturated/α-hetero) is 1. The first-order chi connectivity index (χ1) is 28.3. The lowest BCUT2D eigenvalue weighted by atomic mass is 9.76. The van der Waals surface area contributed by atoms with E-state index in [0.29, 0.717) is 16.7 Å². The number of allylic oxidation sites excluding steroid dienone is 5. The second-order valence-electron chi connectivity index (χ2n) is 15.7. The topological polar surface area (TPSA) is 157 Å². The number of nitrogens with zero attached hydrogens (tertiary/aromatic N) is 2. The van der Waals surface area contributed by atoms with Crippen LogP contribution in [0.1, 0.15) is 68.2 Å². The van der Waals surface area contributed by atoms with Crippen molar-refractivity contribution in [1.82, 2.24) is 4.90 Å². The highest BCUT2D eigenvalue weighted by Gasteiger charge is 2.48. The summed E-state index contributed by atoms with van der Waals surface area (Å²) in [5.41, 5.74) is 6.36. The largest absolute Gasteiger partial charge is 0.506 e. The molecule has 3 N–H and O–H groups in total. The lowest BCUT2D eigenvalue weighted by Crippen LogP contribution is -2.60. The number of hydrogen-bond donors (Lipinski definition) is 3. The summed E-state index contributed by atoms with van der Waals surface area (Å²) in [6, 6.07) is 8.75. The van der Waals surface area contributed by atoms with Crippen molar-refractivity contribution in [3.8, 4) is 29.3 Å². The summed E-state index contributed by atoms with van der Waals surface area (Å²) in [6.07, 6.45) is 12.5. The zero-order chi connectivity index (χ0) is 39.7. The van der Waals surface area contributed by atoms with Gasteiger partial charge in [-0.25, -0.2) is 0 Å². The number of carbonyl (C=O) groups excluding carboxylic acids is 2. The van der Waals surface area contributed by atoms with Gasteiger partial charge in [0.05, 0.1) is 43.0 Å². The zero-order valence-electron chi connectivity index (χ0n) is 31.7. The molecule has 3 aliphatic carbocycles. The minimum Gasteiger partial charge on any atom is -0.506 e. The van der Waals surface area contributed by atoms with Crippen LogP contribution in [0.2, 0.25) is 0 Å². The molecule has 0 radical (unpaired) electrons. The van der Waals surface area contributed by atoms with Gasteiger partial charge in [-0.3, -0.25) is 9.59 Å². The number of carbonyl (C=O) groups is 2. The maximum atomic E-state index is 14.7. The highest BCUT2D eigenvalue weighted by Crippen LogP contribution is 2.53. The predicted molar refractivity (Wildman–Crippen MR) is 212 cm³/mol. The number of methoxy groups -OCH3 is 1. The molecule has 12 heteroatoms. The lowest BCUT2D eigenvalue weighted by molar-refractivity contribution is -0.278. The Hall–Kier alpha value is -5.84. The first-order valence-corrected chi connectivity index (χ1v) is 19.7. The molecule has 0 unspecified atom stereocenters. The van der Waals surface area contributed by atoms with E-state index in [1.54, 1.807) is 30.5 Å². The quantitative estimate of drug-likeness (QED) is 0.236. The van der Waals surface area contributed by atoms with E-state index < -0.39 is 36.5 Å². The molecule has 1 amide bonds. The van der Waals surface area contributed by atoms with Crippen LogP contribution in [-0.4, -0.2) is 95.7 Å². The standard InChI is InChI=1S/C46H40N2O10/c1-54-27-17-32-30-15-14-25-8-4-11-29(25)38(30)40-35(49)21-48-20-33-24(7-5-12-31(33)45(48)53)9-6-16-56-44-41(50)37(23-55-22-26-19-47-34-13-3-2-10-28(26)34)58-46(43(44)52)57-36(18-27)39(32)42(40)51/h2-3,5,7,10,12-15,17-19,25,29,37,41,43-44,46,50,52H,4,8-9,11,20-23H2,1H3/p+1/t25-,29+,37-,41-,43-,44+,46-/m1/s1. The fourth-order valence-electron chi connectivity index (χ4n) is 9.55. The second-order valence-corrected chi connectivity index (χ2v) is 15.7. The van der Waals surface area contributed by atoms with Gasteiger partial charge in [0.1, 0.15) is 47.7 Å². The van der Waals surface area contributed by atoms with E-state index in [1.807, 2.05) is 36.8 Å². The zero-order valence-corrected chi connectivity index (χ0v) is 31.7. The number of hydrogen-bond acceptors (Lipinski definition) is 11. The Balaban J connectivity index is 1.08. The van der Waals surface area contributed by atoms with Crippen LogP contribution in [0.4, 0.5) is 0 Å². The first kappa shape index (κ1) is 36.5. The third-order valence-corrected chi connectivity index (χ3v) is 12.4. The Morgan fingerprint density at radius 3 is 2.90 bits per heavy atom. The van der Waals surface area contributed by atoms with Crippen LogP contribution in [0, 0.1) is 24.4 Å². The molecule has 6 bridgehead atoms. The molecular weight excluding hydrogens is 741 g/mol. The number of amides is 1. The fraction of sp³-hybridized carbons (Fsp3) is 0.348. The van der Waals surface area contributed by atoms with Gasteiger partial charge in [-0.1, -0.05) is 36.6 Å². The number of rotatable bonds is 5. The Kier molecular flexibility index (Phi) is 9.14. The Morgan fingerprint density at radius 2 is 2.02 bits per heavy atom. The summed E-state index contributed by atoms with van der Waals surface area (Å²) in [6.45, 7) is 0.0251. The van der Waals surface area contributed by atoms with Gasteiger partial charge in [-0.05, 0) is 59.1 Å². The summed E-state index contributed by atoms with van der Waals surface area (Å²) in [7, 11) is 1.52. The van der Waals surface area contributed by atoms with Crippen LogP contribution >= 0.6 is 0 Å². The van der Waals surface area contributed by atoms with E-state index in [-0.39, 0.29) is 72.9 Å². The molecule has 58 heavy (non-hydrogen) atoms. The molecule has 2 fully saturated rings. The summed E-state index contributed by atoms with van der Waals surface area (Å²) >= 11 is 0. The lowest BCUT2D eigenvalue weighted by Gasteiger charge is -2.41. The van der Waals surface area contributed by atoms with E-state index >= 15 is 0 Å². The summed E-state index contributed by atoms with van der Waals surface area (Å²) in [4.78, 5) is 34.5. The van der Waals surface area contributed by atoms with Gasteiger partial charge in [0.15, 0.2) is 23.7 Å². The number of benzene rings is 3. The van der Waals surface area contributed by atoms with Crippen LogP contribution in [0.15, 0.2) is 76.5 Å². The van der Waals surface area contributed by atoms with Crippen molar-refractivity contribution >= 4 is 34.8 Å². The first-order valence-electron chi connectivity index (χ1n) is 19.7. The van der Waals surface area contributed by atoms with Crippen LogP contribution in [0.3, 0.4) is 0 Å². The minimum atomic E-state index is -1.57. The van der Waals surface area contributed by atoms with Gasteiger partial charge in [0.2, 0.25) is 6.29 Å². The molecule has 12 nitrogen and oxygen atoms in total. The van der Waals surface area contributed by atoms with Crippen LogP contribution in [0.25, 0.3) is 16.8 Å². The van der Waals surface area contributed by atoms with Gasteiger partial charge in [0, 0.05) is 54.6 Å². The molecule has 1 saturated heterocycles. The number of aromatic hydroxyl groups is 1. The number of fused-ring (bicyclic) bond motifs is 10.